The molecule has 20 heavy (non-hydrogen) atoms. The summed E-state index contributed by atoms with van der Waals surface area (Å²) in [7, 11) is 0. The highest BCUT2D eigenvalue weighted by Crippen LogP contribution is 2.36. The monoisotopic (exact) mass is 282 g/mol. The first-order chi connectivity index (χ1) is 9.50. The van der Waals surface area contributed by atoms with Crippen LogP contribution in [0.5, 0.6) is 0 Å². The molecule has 2 nitrogen and oxygen atoms in total. The molecule has 0 amide bonds. The summed E-state index contributed by atoms with van der Waals surface area (Å²) >= 11 is 0. The number of benzene rings is 1. The fourth-order valence-corrected chi connectivity index (χ4v) is 2.62. The first-order valence-corrected chi connectivity index (χ1v) is 6.88. The molecule has 0 heterocycles. The second-order valence-electron chi connectivity index (χ2n) is 5.20. The van der Waals surface area contributed by atoms with Gasteiger partial charge in [0.2, 0.25) is 0 Å². The van der Waals surface area contributed by atoms with Crippen molar-refractivity contribution in [1.29, 1.82) is 5.26 Å². The van der Waals surface area contributed by atoms with Gasteiger partial charge in [0, 0.05) is 11.7 Å². The molecule has 1 N–H and O–H groups in total. The number of halogens is 3. The van der Waals surface area contributed by atoms with Crippen LogP contribution in [-0.4, -0.2) is 6.04 Å². The topological polar surface area (TPSA) is 35.8 Å². The molecule has 0 unspecified atom stereocenters. The van der Waals surface area contributed by atoms with Gasteiger partial charge in [0.15, 0.2) is 0 Å². The van der Waals surface area contributed by atoms with Crippen molar-refractivity contribution in [3.05, 3.63) is 29.3 Å². The van der Waals surface area contributed by atoms with Crippen LogP contribution < -0.4 is 5.32 Å². The Morgan fingerprint density at radius 3 is 2.30 bits per heavy atom. The van der Waals surface area contributed by atoms with Gasteiger partial charge in [0.1, 0.15) is 0 Å². The second kappa shape index (κ2) is 6.17. The number of hydrogen-bond donors (Lipinski definition) is 1. The molecule has 0 aliphatic heterocycles. The van der Waals surface area contributed by atoms with Crippen molar-refractivity contribution in [3.8, 4) is 6.07 Å². The Bertz CT molecular complexity index is 495. The van der Waals surface area contributed by atoms with Crippen LogP contribution in [-0.2, 0) is 6.18 Å². The highest BCUT2D eigenvalue weighted by atomic mass is 19.4. The average Bonchev–Trinajstić information content (AvgIpc) is 2.66. The van der Waals surface area contributed by atoms with Gasteiger partial charge in [-0.25, -0.2) is 0 Å². The summed E-state index contributed by atoms with van der Waals surface area (Å²) in [4.78, 5) is 0. The largest absolute Gasteiger partial charge is 0.418 e. The SMILES string of the molecule is N#Cc1ccc(NC2CCCCCC2)c(C(F)(F)F)c1. The van der Waals surface area contributed by atoms with E-state index in [4.69, 9.17) is 5.26 Å². The minimum absolute atomic E-state index is 0.0312. The van der Waals surface area contributed by atoms with Crippen LogP contribution in [0.2, 0.25) is 0 Å². The third kappa shape index (κ3) is 3.66. The zero-order chi connectivity index (χ0) is 14.6. The molecule has 108 valence electrons. The van der Waals surface area contributed by atoms with Crippen molar-refractivity contribution >= 4 is 5.69 Å². The first-order valence-electron chi connectivity index (χ1n) is 6.88. The fraction of sp³-hybridized carbons (Fsp3) is 0.533. The van der Waals surface area contributed by atoms with Crippen molar-refractivity contribution < 1.29 is 13.2 Å². The summed E-state index contributed by atoms with van der Waals surface area (Å²) in [6, 6.07) is 5.55. The van der Waals surface area contributed by atoms with Gasteiger partial charge in [-0.3, -0.25) is 0 Å². The maximum absolute atomic E-state index is 13.0. The van der Waals surface area contributed by atoms with Gasteiger partial charge in [0.25, 0.3) is 0 Å². The van der Waals surface area contributed by atoms with Crippen molar-refractivity contribution in [3.63, 3.8) is 0 Å². The standard InChI is InChI=1S/C15H17F3N2/c16-15(17,18)13-9-11(10-19)7-8-14(13)20-12-5-3-1-2-4-6-12/h7-9,12,20H,1-6H2. The molecule has 0 radical (unpaired) electrons. The zero-order valence-corrected chi connectivity index (χ0v) is 11.1. The van der Waals surface area contributed by atoms with E-state index in [-0.39, 0.29) is 17.3 Å². The van der Waals surface area contributed by atoms with Gasteiger partial charge in [-0.15, -0.1) is 0 Å². The van der Waals surface area contributed by atoms with Crippen LogP contribution in [0, 0.1) is 11.3 Å². The molecule has 0 bridgehead atoms. The van der Waals surface area contributed by atoms with Gasteiger partial charge < -0.3 is 5.32 Å². The summed E-state index contributed by atoms with van der Waals surface area (Å²) in [5.41, 5.74) is -0.632. The van der Waals surface area contributed by atoms with Gasteiger partial charge in [-0.1, -0.05) is 25.7 Å². The molecular weight excluding hydrogens is 265 g/mol. The molecule has 1 aromatic rings. The molecule has 2 rings (SSSR count). The average molecular weight is 282 g/mol. The number of hydrogen-bond acceptors (Lipinski definition) is 2. The minimum Gasteiger partial charge on any atom is -0.382 e. The number of rotatable bonds is 2. The van der Waals surface area contributed by atoms with E-state index in [0.717, 1.165) is 44.6 Å². The van der Waals surface area contributed by atoms with Crippen molar-refractivity contribution in [2.24, 2.45) is 0 Å². The molecule has 0 aromatic heterocycles. The van der Waals surface area contributed by atoms with Crippen LogP contribution in [0.15, 0.2) is 18.2 Å². The Balaban J connectivity index is 2.24. The molecule has 1 aromatic carbocycles. The third-order valence-electron chi connectivity index (χ3n) is 3.67. The van der Waals surface area contributed by atoms with Crippen molar-refractivity contribution in [2.45, 2.75) is 50.7 Å². The molecule has 0 spiro atoms. The second-order valence-corrected chi connectivity index (χ2v) is 5.20. The van der Waals surface area contributed by atoms with Crippen LogP contribution in [0.4, 0.5) is 18.9 Å². The number of alkyl halides is 3. The summed E-state index contributed by atoms with van der Waals surface area (Å²) < 4.78 is 39.1. The van der Waals surface area contributed by atoms with Crippen LogP contribution in [0.1, 0.15) is 49.7 Å². The molecule has 1 aliphatic rings. The normalized spacial score (nSPS) is 17.3. The van der Waals surface area contributed by atoms with E-state index in [1.807, 2.05) is 0 Å². The highest BCUT2D eigenvalue weighted by molar-refractivity contribution is 5.56. The van der Waals surface area contributed by atoms with Crippen molar-refractivity contribution in [1.82, 2.24) is 0 Å². The Hall–Kier alpha value is -1.70. The Labute approximate surface area is 116 Å². The molecule has 1 saturated carbocycles. The highest BCUT2D eigenvalue weighted by Gasteiger charge is 2.34. The molecule has 1 aliphatic carbocycles. The van der Waals surface area contributed by atoms with E-state index >= 15 is 0 Å². The molecule has 0 saturated heterocycles. The van der Waals surface area contributed by atoms with Crippen LogP contribution in [0.25, 0.3) is 0 Å². The Morgan fingerprint density at radius 2 is 1.75 bits per heavy atom. The third-order valence-corrected chi connectivity index (χ3v) is 3.67. The smallest absolute Gasteiger partial charge is 0.382 e. The van der Waals surface area contributed by atoms with Crippen LogP contribution >= 0.6 is 0 Å². The lowest BCUT2D eigenvalue weighted by molar-refractivity contribution is -0.137. The number of anilines is 1. The molecular formula is C15H17F3N2. The lowest BCUT2D eigenvalue weighted by Gasteiger charge is -2.21. The molecule has 5 heteroatoms. The lowest BCUT2D eigenvalue weighted by Crippen LogP contribution is -2.21. The maximum atomic E-state index is 13.0. The Kier molecular flexibility index (Phi) is 4.53. The summed E-state index contributed by atoms with van der Waals surface area (Å²) in [5.74, 6) is 0. The zero-order valence-electron chi connectivity index (χ0n) is 11.1. The minimum atomic E-state index is -4.44. The van der Waals surface area contributed by atoms with E-state index in [0.29, 0.717) is 0 Å². The first kappa shape index (κ1) is 14.7. The fourth-order valence-electron chi connectivity index (χ4n) is 2.62. The van der Waals surface area contributed by atoms with E-state index in [1.165, 1.54) is 12.1 Å². The van der Waals surface area contributed by atoms with E-state index in [2.05, 4.69) is 5.32 Å². The predicted molar refractivity (Wildman–Crippen MR) is 71.3 cm³/mol. The lowest BCUT2D eigenvalue weighted by atomic mass is 10.1. The number of nitriles is 1. The van der Waals surface area contributed by atoms with Gasteiger partial charge in [0.05, 0.1) is 17.2 Å². The van der Waals surface area contributed by atoms with Crippen LogP contribution in [0.3, 0.4) is 0 Å². The van der Waals surface area contributed by atoms with E-state index in [1.54, 1.807) is 6.07 Å². The summed E-state index contributed by atoms with van der Waals surface area (Å²) in [6.45, 7) is 0. The van der Waals surface area contributed by atoms with Crippen molar-refractivity contribution in [2.75, 3.05) is 5.32 Å². The summed E-state index contributed by atoms with van der Waals surface area (Å²) in [6.07, 6.45) is 1.76. The van der Waals surface area contributed by atoms with E-state index < -0.39 is 11.7 Å². The van der Waals surface area contributed by atoms with E-state index in [9.17, 15) is 13.2 Å². The quantitative estimate of drug-likeness (QED) is 0.797. The van der Waals surface area contributed by atoms with Gasteiger partial charge in [-0.2, -0.15) is 18.4 Å². The number of nitrogens with one attached hydrogen (secondary N) is 1. The Morgan fingerprint density at radius 1 is 1.10 bits per heavy atom. The molecule has 1 fully saturated rings. The maximum Gasteiger partial charge on any atom is 0.418 e. The van der Waals surface area contributed by atoms with Gasteiger partial charge in [-0.05, 0) is 31.0 Å². The predicted octanol–water partition coefficient (Wildman–Crippen LogP) is 4.71. The molecule has 0 atom stereocenters. The summed E-state index contributed by atoms with van der Waals surface area (Å²) in [5, 5.41) is 11.8. The number of nitrogens with zero attached hydrogens (tertiary/aromatic N) is 1. The van der Waals surface area contributed by atoms with Gasteiger partial charge >= 0.3 is 6.18 Å².